The molecule has 6 nitrogen and oxygen atoms in total. The zero-order chi connectivity index (χ0) is 30.7. The molecule has 46 heavy (non-hydrogen) atoms. The lowest BCUT2D eigenvalue weighted by Crippen LogP contribution is -2.33. The Balaban J connectivity index is 0.00000288. The van der Waals surface area contributed by atoms with Gasteiger partial charge in [0.1, 0.15) is 5.75 Å². The Kier molecular flexibility index (Phi) is 15.6. The molecule has 0 aromatic heterocycles. The van der Waals surface area contributed by atoms with Crippen molar-refractivity contribution in [3.63, 3.8) is 0 Å². The Labute approximate surface area is 287 Å². The Morgan fingerprint density at radius 2 is 1.46 bits per heavy atom. The molecule has 0 radical (unpaired) electrons. The van der Waals surface area contributed by atoms with Crippen LogP contribution in [0.15, 0.2) is 66.7 Å². The molecule has 0 unspecified atom stereocenters. The van der Waals surface area contributed by atoms with Crippen LogP contribution in [0.25, 0.3) is 0 Å². The molecule has 0 amide bonds. The van der Waals surface area contributed by atoms with E-state index in [2.05, 4.69) is 59.2 Å². The summed E-state index contributed by atoms with van der Waals surface area (Å²) in [6.07, 6.45) is 7.10. The molecule has 3 aromatic carbocycles. The molecule has 2 aliphatic heterocycles. The SMILES string of the molecule is CCOC(=O)COc1ccccc1CN1CCc2ccc(C(=O)CCCC3CCN(Cc4ccccc4C)CC3)cc2CC1.Cl.Cl. The molecule has 1 saturated heterocycles. The van der Waals surface area contributed by atoms with E-state index in [1.165, 1.54) is 35.1 Å². The molecule has 0 bridgehead atoms. The number of halogens is 2. The molecule has 2 heterocycles. The molecular formula is C38H50Cl2N2O4. The number of carbonyl (C=O) groups is 2. The van der Waals surface area contributed by atoms with Crippen molar-refractivity contribution in [2.75, 3.05) is 39.4 Å². The fourth-order valence-electron chi connectivity index (χ4n) is 6.62. The Hall–Kier alpha value is -2.90. The van der Waals surface area contributed by atoms with Crippen LogP contribution in [0.2, 0.25) is 0 Å². The smallest absolute Gasteiger partial charge is 0.344 e. The maximum absolute atomic E-state index is 13.2. The van der Waals surface area contributed by atoms with Gasteiger partial charge in [-0.05, 0) is 106 Å². The van der Waals surface area contributed by atoms with E-state index in [1.54, 1.807) is 6.92 Å². The lowest BCUT2D eigenvalue weighted by atomic mass is 9.90. The second-order valence-electron chi connectivity index (χ2n) is 12.4. The fraction of sp³-hybridized carbons (Fsp3) is 0.474. The summed E-state index contributed by atoms with van der Waals surface area (Å²) in [6.45, 7) is 10.2. The van der Waals surface area contributed by atoms with Gasteiger partial charge < -0.3 is 9.47 Å². The minimum atomic E-state index is -0.354. The van der Waals surface area contributed by atoms with Crippen LogP contribution in [0.5, 0.6) is 5.75 Å². The second-order valence-corrected chi connectivity index (χ2v) is 12.4. The number of ketones is 1. The zero-order valence-corrected chi connectivity index (χ0v) is 29.0. The number of fused-ring (bicyclic) bond motifs is 1. The number of para-hydroxylation sites is 1. The molecule has 0 spiro atoms. The van der Waals surface area contributed by atoms with E-state index in [1.807, 2.05) is 24.3 Å². The van der Waals surface area contributed by atoms with Crippen LogP contribution < -0.4 is 4.74 Å². The van der Waals surface area contributed by atoms with E-state index >= 15 is 0 Å². The fourth-order valence-corrected chi connectivity index (χ4v) is 6.62. The lowest BCUT2D eigenvalue weighted by Gasteiger charge is -2.32. The van der Waals surface area contributed by atoms with Crippen molar-refractivity contribution in [1.29, 1.82) is 0 Å². The van der Waals surface area contributed by atoms with Crippen LogP contribution in [0.4, 0.5) is 0 Å². The van der Waals surface area contributed by atoms with E-state index < -0.39 is 0 Å². The highest BCUT2D eigenvalue weighted by atomic mass is 35.5. The van der Waals surface area contributed by atoms with Crippen LogP contribution in [0, 0.1) is 12.8 Å². The number of ether oxygens (including phenoxy) is 2. The van der Waals surface area contributed by atoms with Gasteiger partial charge in [-0.3, -0.25) is 14.6 Å². The van der Waals surface area contributed by atoms with Crippen molar-refractivity contribution >= 4 is 36.6 Å². The monoisotopic (exact) mass is 668 g/mol. The molecule has 0 saturated carbocycles. The minimum Gasteiger partial charge on any atom is -0.482 e. The number of likely N-dealkylation sites (tertiary alicyclic amines) is 1. The summed E-state index contributed by atoms with van der Waals surface area (Å²) >= 11 is 0. The Morgan fingerprint density at radius 1 is 0.804 bits per heavy atom. The summed E-state index contributed by atoms with van der Waals surface area (Å²) in [5.41, 5.74) is 7.38. The standard InChI is InChI=1S/C38H48N2O4.2ClH/c1-3-43-38(42)28-44-37-14-7-6-12-35(37)27-40-23-19-31-15-16-33(25-32(31)20-24-40)36(41)13-8-10-30-17-21-39(22-18-30)26-34-11-5-4-9-29(34)2;;/h4-7,9,11-12,14-16,25,30H,3,8,10,13,17-24,26-28H2,1-2H3;2*1H. The number of nitrogens with zero attached hydrogens (tertiary/aromatic N) is 2. The first kappa shape index (κ1) is 37.6. The van der Waals surface area contributed by atoms with Gasteiger partial charge in [0, 0.05) is 43.7 Å². The molecule has 0 atom stereocenters. The van der Waals surface area contributed by atoms with Gasteiger partial charge in [0.15, 0.2) is 12.4 Å². The van der Waals surface area contributed by atoms with E-state index in [9.17, 15) is 9.59 Å². The van der Waals surface area contributed by atoms with E-state index in [0.29, 0.717) is 13.0 Å². The molecule has 5 rings (SSSR count). The van der Waals surface area contributed by atoms with E-state index in [0.717, 1.165) is 87.7 Å². The number of Topliss-reactive ketones (excluding diaryl/α,β-unsaturated/α-hetero) is 1. The molecule has 0 N–H and O–H groups in total. The van der Waals surface area contributed by atoms with Crippen molar-refractivity contribution in [2.45, 2.75) is 71.9 Å². The number of benzene rings is 3. The summed E-state index contributed by atoms with van der Waals surface area (Å²) in [4.78, 5) is 30.0. The number of hydrogen-bond acceptors (Lipinski definition) is 6. The molecule has 1 fully saturated rings. The van der Waals surface area contributed by atoms with Gasteiger partial charge in [-0.1, -0.05) is 54.6 Å². The van der Waals surface area contributed by atoms with Crippen LogP contribution in [-0.4, -0.2) is 60.9 Å². The average molecular weight is 670 g/mol. The Bertz CT molecular complexity index is 1410. The summed E-state index contributed by atoms with van der Waals surface area (Å²) < 4.78 is 10.8. The molecule has 250 valence electrons. The van der Waals surface area contributed by atoms with Gasteiger partial charge >= 0.3 is 5.97 Å². The predicted molar refractivity (Wildman–Crippen MR) is 190 cm³/mol. The van der Waals surface area contributed by atoms with Gasteiger partial charge in [0.05, 0.1) is 6.61 Å². The van der Waals surface area contributed by atoms with E-state index in [-0.39, 0.29) is 43.2 Å². The van der Waals surface area contributed by atoms with Crippen LogP contribution in [0.1, 0.15) is 77.2 Å². The number of hydrogen-bond donors (Lipinski definition) is 0. The number of rotatable bonds is 13. The van der Waals surface area contributed by atoms with Gasteiger partial charge in [0.25, 0.3) is 0 Å². The zero-order valence-electron chi connectivity index (χ0n) is 27.4. The van der Waals surface area contributed by atoms with Gasteiger partial charge in [0.2, 0.25) is 0 Å². The van der Waals surface area contributed by atoms with Crippen molar-refractivity contribution < 1.29 is 19.1 Å². The van der Waals surface area contributed by atoms with Gasteiger partial charge in [-0.25, -0.2) is 4.79 Å². The summed E-state index contributed by atoms with van der Waals surface area (Å²) in [5, 5.41) is 0. The quantitative estimate of drug-likeness (QED) is 0.138. The third-order valence-electron chi connectivity index (χ3n) is 9.32. The third-order valence-corrected chi connectivity index (χ3v) is 9.32. The van der Waals surface area contributed by atoms with E-state index in [4.69, 9.17) is 9.47 Å². The number of esters is 1. The first-order chi connectivity index (χ1) is 21.5. The van der Waals surface area contributed by atoms with Crippen LogP contribution >= 0.6 is 24.8 Å². The first-order valence-electron chi connectivity index (χ1n) is 16.5. The average Bonchev–Trinajstić information content (AvgIpc) is 3.24. The highest BCUT2D eigenvalue weighted by molar-refractivity contribution is 5.96. The molecule has 3 aromatic rings. The third kappa shape index (κ3) is 10.8. The molecule has 8 heteroatoms. The maximum atomic E-state index is 13.2. The van der Waals surface area contributed by atoms with Crippen molar-refractivity contribution in [3.8, 4) is 5.75 Å². The second kappa shape index (κ2) is 19.0. The summed E-state index contributed by atoms with van der Waals surface area (Å²) in [7, 11) is 0. The number of piperidine rings is 1. The minimum absolute atomic E-state index is 0. The maximum Gasteiger partial charge on any atom is 0.344 e. The Morgan fingerprint density at radius 3 is 2.20 bits per heavy atom. The molecule has 2 aliphatic rings. The first-order valence-corrected chi connectivity index (χ1v) is 16.5. The molecular weight excluding hydrogens is 619 g/mol. The normalized spacial score (nSPS) is 15.5. The predicted octanol–water partition coefficient (Wildman–Crippen LogP) is 7.65. The van der Waals surface area contributed by atoms with Crippen molar-refractivity contribution in [1.82, 2.24) is 9.80 Å². The van der Waals surface area contributed by atoms with Gasteiger partial charge in [-0.2, -0.15) is 0 Å². The number of aryl methyl sites for hydroxylation is 1. The highest BCUT2D eigenvalue weighted by Crippen LogP contribution is 2.26. The van der Waals surface area contributed by atoms with Crippen molar-refractivity contribution in [3.05, 3.63) is 100 Å². The summed E-state index contributed by atoms with van der Waals surface area (Å²) in [6, 6.07) is 23.0. The molecule has 0 aliphatic carbocycles. The topological polar surface area (TPSA) is 59.1 Å². The highest BCUT2D eigenvalue weighted by Gasteiger charge is 2.21. The van der Waals surface area contributed by atoms with Crippen LogP contribution in [0.3, 0.4) is 0 Å². The number of carbonyl (C=O) groups excluding carboxylic acids is 2. The van der Waals surface area contributed by atoms with Gasteiger partial charge in [-0.15, -0.1) is 24.8 Å². The summed E-state index contributed by atoms with van der Waals surface area (Å²) in [5.74, 6) is 1.38. The lowest BCUT2D eigenvalue weighted by molar-refractivity contribution is -0.145. The van der Waals surface area contributed by atoms with Crippen molar-refractivity contribution in [2.24, 2.45) is 5.92 Å². The van der Waals surface area contributed by atoms with Crippen LogP contribution in [-0.2, 0) is 35.5 Å². The largest absolute Gasteiger partial charge is 0.482 e.